The summed E-state index contributed by atoms with van der Waals surface area (Å²) in [5.74, 6) is 0.286. The maximum absolute atomic E-state index is 12.2. The number of aliphatic hydroxyl groups excluding tert-OH is 1. The van der Waals surface area contributed by atoms with Crippen LogP contribution in [0.2, 0.25) is 0 Å². The number of rotatable bonds is 9. The van der Waals surface area contributed by atoms with Crippen molar-refractivity contribution in [3.63, 3.8) is 0 Å². The molecule has 4 nitrogen and oxygen atoms in total. The zero-order chi connectivity index (χ0) is 39.6. The van der Waals surface area contributed by atoms with Crippen molar-refractivity contribution in [2.75, 3.05) is 11.9 Å². The third kappa shape index (κ3) is 8.57. The first-order chi connectivity index (χ1) is 25.5. The topological polar surface area (TPSA) is 53.4 Å². The van der Waals surface area contributed by atoms with Crippen LogP contribution in [0.25, 0.3) is 33.2 Å². The SMILES string of the molecule is CCC(C)(CC)C(=O)/C=C(\O)C(C)(CC)CC.Cc1cccc(C)c1B1c2ccccc2-c2c(ccnc2-c2[c-]c3ccccc3c(C(C)(C)C)c2)N1C.[Ir]. The van der Waals surface area contributed by atoms with Crippen LogP contribution < -0.4 is 15.7 Å². The molecule has 1 aliphatic rings. The first-order valence-electron chi connectivity index (χ1n) is 19.8. The number of benzene rings is 4. The largest absolute Gasteiger partial charge is 0.512 e. The summed E-state index contributed by atoms with van der Waals surface area (Å²) in [5.41, 5.74) is 11.8. The van der Waals surface area contributed by atoms with Crippen molar-refractivity contribution < 1.29 is 30.0 Å². The fraction of sp³-hybridized carbons (Fsp3) is 0.388. The molecule has 1 aromatic heterocycles. The van der Waals surface area contributed by atoms with Crippen LogP contribution in [0.15, 0.2) is 96.9 Å². The number of pyridine rings is 1. The first-order valence-corrected chi connectivity index (χ1v) is 19.8. The third-order valence-electron chi connectivity index (χ3n) is 12.5. The molecular weight excluding hydrogens is 852 g/mol. The fourth-order valence-electron chi connectivity index (χ4n) is 7.80. The number of aromatic nitrogens is 1. The molecule has 0 saturated heterocycles. The van der Waals surface area contributed by atoms with Crippen molar-refractivity contribution in [3.05, 3.63) is 120 Å². The minimum atomic E-state index is -0.337. The van der Waals surface area contributed by atoms with Crippen LogP contribution in [-0.4, -0.2) is 29.8 Å². The summed E-state index contributed by atoms with van der Waals surface area (Å²) in [7, 11) is 2.22. The van der Waals surface area contributed by atoms with E-state index in [0.717, 1.165) is 42.3 Å². The minimum Gasteiger partial charge on any atom is -0.512 e. The Labute approximate surface area is 345 Å². The summed E-state index contributed by atoms with van der Waals surface area (Å²) in [6.07, 6.45) is 6.71. The molecule has 0 atom stereocenters. The van der Waals surface area contributed by atoms with Crippen LogP contribution in [0.3, 0.4) is 0 Å². The van der Waals surface area contributed by atoms with Crippen molar-refractivity contribution in [3.8, 4) is 22.4 Å². The van der Waals surface area contributed by atoms with Crippen molar-refractivity contribution >= 4 is 40.0 Å². The van der Waals surface area contributed by atoms with Crippen molar-refractivity contribution in [2.24, 2.45) is 10.8 Å². The molecule has 0 unspecified atom stereocenters. The van der Waals surface area contributed by atoms with Crippen LogP contribution in [0.5, 0.6) is 0 Å². The average Bonchev–Trinajstić information content (AvgIpc) is 3.17. The number of fused-ring (bicyclic) bond motifs is 4. The van der Waals surface area contributed by atoms with E-state index in [9.17, 15) is 9.90 Å². The van der Waals surface area contributed by atoms with Gasteiger partial charge in [0, 0.05) is 54.6 Å². The van der Waals surface area contributed by atoms with E-state index < -0.39 is 0 Å². The molecular formula is C49H60BIrN2O2-. The maximum Gasteiger partial charge on any atom is 0.324 e. The van der Waals surface area contributed by atoms with E-state index in [2.05, 4.69) is 131 Å². The fourth-order valence-corrected chi connectivity index (χ4v) is 7.80. The van der Waals surface area contributed by atoms with Crippen molar-refractivity contribution in [1.82, 2.24) is 4.98 Å². The number of aliphatic hydroxyl groups is 1. The van der Waals surface area contributed by atoms with Crippen LogP contribution in [0.1, 0.15) is 105 Å². The zero-order valence-corrected chi connectivity index (χ0v) is 37.5. The zero-order valence-electron chi connectivity index (χ0n) is 35.1. The molecule has 0 spiro atoms. The quantitative estimate of drug-likeness (QED) is 0.0693. The molecule has 2 heterocycles. The number of nitrogens with zero attached hydrogens (tertiary/aromatic N) is 2. The molecule has 1 N–H and O–H groups in total. The Kier molecular flexibility index (Phi) is 13.9. The monoisotopic (exact) mass is 912 g/mol. The number of anilines is 1. The second-order valence-corrected chi connectivity index (χ2v) is 16.8. The summed E-state index contributed by atoms with van der Waals surface area (Å²) in [6, 6.07) is 32.3. The number of carbonyl (C=O) groups excluding carboxylic acids is 1. The minimum absolute atomic E-state index is 0. The van der Waals surface area contributed by atoms with E-state index in [1.165, 1.54) is 55.9 Å². The third-order valence-corrected chi connectivity index (χ3v) is 12.5. The number of ketones is 1. The summed E-state index contributed by atoms with van der Waals surface area (Å²) < 4.78 is 0. The van der Waals surface area contributed by atoms with Gasteiger partial charge in [-0.3, -0.25) is 9.78 Å². The molecule has 0 amide bonds. The van der Waals surface area contributed by atoms with E-state index >= 15 is 0 Å². The summed E-state index contributed by atoms with van der Waals surface area (Å²) in [6.45, 7) is 23.5. The van der Waals surface area contributed by atoms with E-state index in [4.69, 9.17) is 4.98 Å². The average molecular weight is 912 g/mol. The Morgan fingerprint density at radius 2 is 1.40 bits per heavy atom. The van der Waals surface area contributed by atoms with Gasteiger partial charge in [0.1, 0.15) is 5.76 Å². The van der Waals surface area contributed by atoms with Gasteiger partial charge >= 0.3 is 6.85 Å². The van der Waals surface area contributed by atoms with Gasteiger partial charge in [0.25, 0.3) is 0 Å². The first kappa shape index (κ1) is 43.7. The molecule has 4 aromatic carbocycles. The van der Waals surface area contributed by atoms with Gasteiger partial charge in [-0.15, -0.1) is 29.1 Å². The second kappa shape index (κ2) is 17.4. The Hall–Kier alpha value is -3.99. The van der Waals surface area contributed by atoms with Gasteiger partial charge in [-0.2, -0.15) is 0 Å². The van der Waals surface area contributed by atoms with Gasteiger partial charge in [-0.05, 0) is 80.1 Å². The Morgan fingerprint density at radius 3 is 2.00 bits per heavy atom. The standard InChI is InChI=1S/C34H32BN2.C15H28O2.Ir/c1-22-12-11-13-23(2)32(22)35-29-17-10-9-16-27(29)31-30(37(35)6)18-19-36-33(31)25-20-24-14-7-8-15-26(24)28(21-25)34(3,4)5;1-7-14(5,8-2)12(16)11-13(17)15(6,9-3)10-4;/h7-19,21H,1-6H3;11,16H,7-10H2,1-6H3;/q-1;;/b;12-11-;. The molecule has 0 fully saturated rings. The number of allylic oxidation sites excluding steroid dienone is 2. The van der Waals surface area contributed by atoms with Gasteiger partial charge in [0.2, 0.25) is 0 Å². The van der Waals surface area contributed by atoms with Crippen molar-refractivity contribution in [2.45, 2.75) is 107 Å². The molecule has 0 bridgehead atoms. The van der Waals surface area contributed by atoms with Crippen LogP contribution >= 0.6 is 0 Å². The van der Waals surface area contributed by atoms with Crippen LogP contribution in [-0.2, 0) is 30.3 Å². The normalized spacial score (nSPS) is 13.1. The van der Waals surface area contributed by atoms with Crippen LogP contribution in [0, 0.1) is 30.7 Å². The molecule has 6 heteroatoms. The number of aryl methyl sites for hydroxylation is 2. The molecule has 6 rings (SSSR count). The van der Waals surface area contributed by atoms with Gasteiger partial charge in [0.05, 0.1) is 0 Å². The summed E-state index contributed by atoms with van der Waals surface area (Å²) in [4.78, 5) is 19.6. The van der Waals surface area contributed by atoms with E-state index in [1.54, 1.807) is 0 Å². The van der Waals surface area contributed by atoms with Crippen LogP contribution in [0.4, 0.5) is 5.69 Å². The Morgan fingerprint density at radius 1 is 0.818 bits per heavy atom. The van der Waals surface area contributed by atoms with Crippen molar-refractivity contribution in [1.29, 1.82) is 0 Å². The number of hydrogen-bond acceptors (Lipinski definition) is 4. The predicted molar refractivity (Wildman–Crippen MR) is 233 cm³/mol. The summed E-state index contributed by atoms with van der Waals surface area (Å²) in [5, 5.41) is 12.5. The maximum atomic E-state index is 12.2. The van der Waals surface area contributed by atoms with E-state index in [-0.39, 0.29) is 54.7 Å². The van der Waals surface area contributed by atoms with Gasteiger partial charge in [0.15, 0.2) is 5.78 Å². The van der Waals surface area contributed by atoms with Gasteiger partial charge in [-0.1, -0.05) is 145 Å². The Balaban J connectivity index is 0.000000320. The van der Waals surface area contributed by atoms with E-state index in [1.807, 2.05) is 47.7 Å². The second-order valence-electron chi connectivity index (χ2n) is 16.8. The van der Waals surface area contributed by atoms with Gasteiger partial charge < -0.3 is 9.92 Å². The molecule has 0 aliphatic carbocycles. The Bertz CT molecular complexity index is 2150. The van der Waals surface area contributed by atoms with Gasteiger partial charge in [-0.25, -0.2) is 0 Å². The smallest absolute Gasteiger partial charge is 0.324 e. The van der Waals surface area contributed by atoms with E-state index in [0.29, 0.717) is 0 Å². The molecule has 1 aliphatic heterocycles. The molecule has 55 heavy (non-hydrogen) atoms. The molecule has 5 aromatic rings. The predicted octanol–water partition coefficient (Wildman–Crippen LogP) is 11.5. The molecule has 1 radical (unpaired) electrons. The molecule has 0 saturated carbocycles. The number of hydrogen-bond donors (Lipinski definition) is 1. The summed E-state index contributed by atoms with van der Waals surface area (Å²) >= 11 is 0. The molecule has 291 valence electrons. The number of carbonyl (C=O) groups is 1.